The van der Waals surface area contributed by atoms with Gasteiger partial charge in [0, 0.05) is 39.1 Å². The minimum Gasteiger partial charge on any atom is -0.379 e. The largest absolute Gasteiger partial charge is 0.379 e. The third-order valence-electron chi connectivity index (χ3n) is 4.34. The fourth-order valence-corrected chi connectivity index (χ4v) is 3.74. The first-order valence-electron chi connectivity index (χ1n) is 7.30. The number of hydrogen-bond donors (Lipinski definition) is 0. The number of amides is 1. The monoisotopic (exact) mass is 310 g/mol. The summed E-state index contributed by atoms with van der Waals surface area (Å²) in [6, 6.07) is 2.59. The van der Waals surface area contributed by atoms with Gasteiger partial charge in [0.2, 0.25) is 5.91 Å². The maximum atomic E-state index is 11.7. The number of likely N-dealkylation sites (N-methyl/N-ethyl adjacent to an activating group) is 1. The fraction of sp³-hybridized carbons (Fsp3) is 0.667. The van der Waals surface area contributed by atoms with Gasteiger partial charge < -0.3 is 14.4 Å². The van der Waals surface area contributed by atoms with Gasteiger partial charge in [0.15, 0.2) is 0 Å². The van der Waals surface area contributed by atoms with Crippen molar-refractivity contribution in [1.29, 1.82) is 0 Å². The predicted molar refractivity (Wildman–Crippen MR) is 81.3 cm³/mol. The van der Waals surface area contributed by atoms with Gasteiger partial charge in [0.05, 0.1) is 19.3 Å². The van der Waals surface area contributed by atoms with Crippen LogP contribution in [0.4, 0.5) is 0 Å². The normalized spacial score (nSPS) is 28.8. The molecule has 2 saturated heterocycles. The average molecular weight is 310 g/mol. The molecule has 3 rings (SSSR count). The molecule has 3 heterocycles. The molecule has 116 valence electrons. The number of carbonyl (C=O) groups is 1. The zero-order chi connectivity index (χ0) is 14.8. The summed E-state index contributed by atoms with van der Waals surface area (Å²) in [4.78, 5) is 15.7. The highest BCUT2D eigenvalue weighted by Gasteiger charge is 2.46. The van der Waals surface area contributed by atoms with Crippen LogP contribution in [-0.2, 0) is 20.8 Å². The quantitative estimate of drug-likeness (QED) is 0.815. The molecule has 0 bridgehead atoms. The summed E-state index contributed by atoms with van der Waals surface area (Å²) >= 11 is 1.73. The van der Waals surface area contributed by atoms with Crippen molar-refractivity contribution in [3.05, 3.63) is 22.4 Å². The zero-order valence-corrected chi connectivity index (χ0v) is 13.3. The molecule has 1 aromatic rings. The molecule has 2 aliphatic rings. The van der Waals surface area contributed by atoms with E-state index in [2.05, 4.69) is 21.7 Å². The molecule has 0 radical (unpaired) electrons. The standard InChI is InChI=1S/C15H22N2O3S/c1-16(2)15(18)9-20-14-6-17(5-11-3-4-21-10-11)13-8-19-7-12(13)14/h3-4,10,12-14H,5-9H2,1-2H3/t12-,13+,14-/m0/s1. The molecule has 0 saturated carbocycles. The van der Waals surface area contributed by atoms with E-state index in [0.29, 0.717) is 12.0 Å². The van der Waals surface area contributed by atoms with Gasteiger partial charge in [-0.05, 0) is 22.4 Å². The predicted octanol–water partition coefficient (Wildman–Crippen LogP) is 1.05. The number of thiophene rings is 1. The molecule has 21 heavy (non-hydrogen) atoms. The van der Waals surface area contributed by atoms with Gasteiger partial charge in [-0.2, -0.15) is 11.3 Å². The number of rotatable bonds is 5. The van der Waals surface area contributed by atoms with Crippen molar-refractivity contribution in [2.45, 2.75) is 18.7 Å². The molecule has 6 heteroatoms. The first-order chi connectivity index (χ1) is 10.1. The minimum atomic E-state index is 0.0155. The lowest BCUT2D eigenvalue weighted by Gasteiger charge is -2.21. The van der Waals surface area contributed by atoms with Crippen LogP contribution in [0.1, 0.15) is 5.56 Å². The van der Waals surface area contributed by atoms with Gasteiger partial charge in [-0.15, -0.1) is 0 Å². The third-order valence-corrected chi connectivity index (χ3v) is 5.07. The van der Waals surface area contributed by atoms with Gasteiger partial charge in [-0.1, -0.05) is 0 Å². The van der Waals surface area contributed by atoms with E-state index in [9.17, 15) is 4.79 Å². The second kappa shape index (κ2) is 6.44. The highest BCUT2D eigenvalue weighted by molar-refractivity contribution is 7.07. The van der Waals surface area contributed by atoms with Crippen LogP contribution in [0.2, 0.25) is 0 Å². The van der Waals surface area contributed by atoms with E-state index in [1.165, 1.54) is 5.56 Å². The van der Waals surface area contributed by atoms with Crippen molar-refractivity contribution >= 4 is 17.2 Å². The summed E-state index contributed by atoms with van der Waals surface area (Å²) in [7, 11) is 3.51. The first kappa shape index (κ1) is 15.0. The van der Waals surface area contributed by atoms with Crippen molar-refractivity contribution in [2.75, 3.05) is 40.5 Å². The van der Waals surface area contributed by atoms with E-state index in [4.69, 9.17) is 9.47 Å². The number of nitrogens with zero attached hydrogens (tertiary/aromatic N) is 2. The summed E-state index contributed by atoms with van der Waals surface area (Å²) in [5.74, 6) is 0.403. The molecule has 0 unspecified atom stereocenters. The van der Waals surface area contributed by atoms with Crippen molar-refractivity contribution in [3.63, 3.8) is 0 Å². The van der Waals surface area contributed by atoms with Crippen LogP contribution in [0.15, 0.2) is 16.8 Å². The Balaban J connectivity index is 1.59. The number of carbonyl (C=O) groups excluding carboxylic acids is 1. The van der Waals surface area contributed by atoms with Gasteiger partial charge in [0.1, 0.15) is 6.61 Å². The van der Waals surface area contributed by atoms with Crippen LogP contribution in [-0.4, -0.2) is 68.3 Å². The molecular formula is C15H22N2O3S. The number of fused-ring (bicyclic) bond motifs is 1. The average Bonchev–Trinajstić information content (AvgIpc) is 3.15. The molecule has 0 N–H and O–H groups in total. The van der Waals surface area contributed by atoms with Crippen molar-refractivity contribution in [2.24, 2.45) is 5.92 Å². The van der Waals surface area contributed by atoms with E-state index in [0.717, 1.165) is 26.3 Å². The lowest BCUT2D eigenvalue weighted by atomic mass is 10.0. The zero-order valence-electron chi connectivity index (χ0n) is 12.5. The van der Waals surface area contributed by atoms with Crippen LogP contribution < -0.4 is 0 Å². The Labute approximate surface area is 129 Å². The Morgan fingerprint density at radius 1 is 1.52 bits per heavy atom. The van der Waals surface area contributed by atoms with Gasteiger partial charge in [-0.3, -0.25) is 9.69 Å². The Kier molecular flexibility index (Phi) is 4.59. The van der Waals surface area contributed by atoms with E-state index >= 15 is 0 Å². The van der Waals surface area contributed by atoms with Crippen LogP contribution in [0.5, 0.6) is 0 Å². The van der Waals surface area contributed by atoms with E-state index in [-0.39, 0.29) is 18.6 Å². The van der Waals surface area contributed by atoms with E-state index < -0.39 is 0 Å². The van der Waals surface area contributed by atoms with Crippen LogP contribution in [0.3, 0.4) is 0 Å². The van der Waals surface area contributed by atoms with Crippen molar-refractivity contribution < 1.29 is 14.3 Å². The minimum absolute atomic E-state index is 0.0155. The summed E-state index contributed by atoms with van der Waals surface area (Å²) in [6.45, 7) is 3.50. The van der Waals surface area contributed by atoms with Crippen molar-refractivity contribution in [1.82, 2.24) is 9.80 Å². The lowest BCUT2D eigenvalue weighted by Crippen LogP contribution is -2.32. The van der Waals surface area contributed by atoms with Crippen LogP contribution in [0, 0.1) is 5.92 Å². The molecule has 1 amide bonds. The summed E-state index contributed by atoms with van der Waals surface area (Å²) in [5, 5.41) is 4.30. The molecule has 0 spiro atoms. The maximum absolute atomic E-state index is 11.7. The first-order valence-corrected chi connectivity index (χ1v) is 8.24. The molecule has 3 atom stereocenters. The summed E-state index contributed by atoms with van der Waals surface area (Å²) in [6.07, 6.45) is 0.0973. The molecule has 0 aliphatic carbocycles. The highest BCUT2D eigenvalue weighted by atomic mass is 32.1. The molecule has 5 nitrogen and oxygen atoms in total. The SMILES string of the molecule is CN(C)C(=O)CO[C@H]1CN(Cc2ccsc2)[C@@H]2COC[C@H]12. The van der Waals surface area contributed by atoms with Gasteiger partial charge >= 0.3 is 0 Å². The second-order valence-electron chi connectivity index (χ2n) is 5.97. The second-order valence-corrected chi connectivity index (χ2v) is 6.75. The van der Waals surface area contributed by atoms with Gasteiger partial charge in [-0.25, -0.2) is 0 Å². The van der Waals surface area contributed by atoms with Crippen molar-refractivity contribution in [3.8, 4) is 0 Å². The Hall–Kier alpha value is -0.950. The molecule has 2 aliphatic heterocycles. The maximum Gasteiger partial charge on any atom is 0.248 e. The number of ether oxygens (including phenoxy) is 2. The summed E-state index contributed by atoms with van der Waals surface area (Å²) in [5.41, 5.74) is 1.34. The molecule has 1 aromatic heterocycles. The topological polar surface area (TPSA) is 42.0 Å². The Morgan fingerprint density at radius 3 is 3.10 bits per heavy atom. The fourth-order valence-electron chi connectivity index (χ4n) is 3.08. The number of hydrogen-bond acceptors (Lipinski definition) is 5. The Bertz CT molecular complexity index is 477. The third kappa shape index (κ3) is 3.29. The lowest BCUT2D eigenvalue weighted by molar-refractivity contribution is -0.136. The van der Waals surface area contributed by atoms with Crippen LogP contribution >= 0.6 is 11.3 Å². The van der Waals surface area contributed by atoms with E-state index in [1.54, 1.807) is 30.3 Å². The highest BCUT2D eigenvalue weighted by Crippen LogP contribution is 2.33. The molecule has 2 fully saturated rings. The molecule has 0 aromatic carbocycles. The van der Waals surface area contributed by atoms with E-state index in [1.807, 2.05) is 0 Å². The summed E-state index contributed by atoms with van der Waals surface area (Å²) < 4.78 is 11.5. The Morgan fingerprint density at radius 2 is 2.38 bits per heavy atom. The number of likely N-dealkylation sites (tertiary alicyclic amines) is 1. The smallest absolute Gasteiger partial charge is 0.248 e. The molecular weight excluding hydrogens is 288 g/mol. The van der Waals surface area contributed by atoms with Crippen LogP contribution in [0.25, 0.3) is 0 Å². The van der Waals surface area contributed by atoms with Gasteiger partial charge in [0.25, 0.3) is 0 Å².